The van der Waals surface area contributed by atoms with Gasteiger partial charge in [-0.25, -0.2) is 9.37 Å². The fourth-order valence-corrected chi connectivity index (χ4v) is 2.10. The molecule has 0 aliphatic rings. The van der Waals surface area contributed by atoms with E-state index in [2.05, 4.69) is 10.3 Å². The molecule has 0 saturated carbocycles. The van der Waals surface area contributed by atoms with Gasteiger partial charge >= 0.3 is 0 Å². The van der Waals surface area contributed by atoms with Gasteiger partial charge in [-0.1, -0.05) is 6.07 Å². The number of anilines is 1. The Morgan fingerprint density at radius 1 is 1.26 bits per heavy atom. The molecule has 0 spiro atoms. The minimum absolute atomic E-state index is 0.134. The molecule has 2 aromatic rings. The number of carbonyl (C=O) groups excluding carboxylic acids is 1. The van der Waals surface area contributed by atoms with Crippen LogP contribution in [-0.2, 0) is 4.79 Å². The van der Waals surface area contributed by atoms with E-state index in [0.29, 0.717) is 5.82 Å². The predicted octanol–water partition coefficient (Wildman–Crippen LogP) is 3.26. The Morgan fingerprint density at radius 3 is 2.63 bits per heavy atom. The highest BCUT2D eigenvalue weighted by molar-refractivity contribution is 8.00. The Kier molecular flexibility index (Phi) is 4.52. The van der Waals surface area contributed by atoms with Gasteiger partial charge < -0.3 is 5.32 Å². The van der Waals surface area contributed by atoms with Gasteiger partial charge in [0.05, 0.1) is 5.75 Å². The lowest BCUT2D eigenvalue weighted by atomic mass is 10.3. The van der Waals surface area contributed by atoms with E-state index in [4.69, 9.17) is 0 Å². The fourth-order valence-electron chi connectivity index (χ4n) is 1.40. The van der Waals surface area contributed by atoms with Crippen LogP contribution in [0.1, 0.15) is 5.56 Å². The van der Waals surface area contributed by atoms with Crippen LogP contribution >= 0.6 is 11.8 Å². The molecule has 0 aliphatic heterocycles. The molecule has 1 N–H and O–H groups in total. The topological polar surface area (TPSA) is 42.0 Å². The summed E-state index contributed by atoms with van der Waals surface area (Å²) in [5.74, 6) is 0.389. The quantitative estimate of drug-likeness (QED) is 0.872. The third-order valence-corrected chi connectivity index (χ3v) is 3.37. The van der Waals surface area contributed by atoms with Gasteiger partial charge in [-0.15, -0.1) is 11.8 Å². The number of nitrogens with zero attached hydrogens (tertiary/aromatic N) is 1. The first-order chi connectivity index (χ1) is 9.13. The van der Waals surface area contributed by atoms with E-state index >= 15 is 0 Å². The number of rotatable bonds is 4. The van der Waals surface area contributed by atoms with Gasteiger partial charge in [-0.3, -0.25) is 4.79 Å². The van der Waals surface area contributed by atoms with Crippen molar-refractivity contribution in [1.29, 1.82) is 0 Å². The number of hydrogen-bond acceptors (Lipinski definition) is 3. The molecule has 1 amide bonds. The lowest BCUT2D eigenvalue weighted by Gasteiger charge is -2.04. The first kappa shape index (κ1) is 13.5. The number of thioether (sulfide) groups is 1. The zero-order valence-electron chi connectivity index (χ0n) is 10.4. The Hall–Kier alpha value is -1.88. The van der Waals surface area contributed by atoms with Gasteiger partial charge in [0.2, 0.25) is 5.91 Å². The standard InChI is InChI=1S/C14H13FN2OS/c1-10-2-7-13(16-8-10)17-14(18)9-19-12-5-3-11(15)4-6-12/h2-8H,9H2,1H3,(H,16,17,18). The summed E-state index contributed by atoms with van der Waals surface area (Å²) < 4.78 is 12.7. The molecule has 98 valence electrons. The summed E-state index contributed by atoms with van der Waals surface area (Å²) in [6, 6.07) is 9.70. The maximum atomic E-state index is 12.7. The van der Waals surface area contributed by atoms with E-state index in [1.807, 2.05) is 13.0 Å². The Morgan fingerprint density at radius 2 is 2.00 bits per heavy atom. The smallest absolute Gasteiger partial charge is 0.235 e. The number of halogens is 1. The predicted molar refractivity (Wildman–Crippen MR) is 74.7 cm³/mol. The van der Waals surface area contributed by atoms with Crippen LogP contribution in [0, 0.1) is 12.7 Å². The lowest BCUT2D eigenvalue weighted by molar-refractivity contribution is -0.113. The van der Waals surface area contributed by atoms with Crippen molar-refractivity contribution < 1.29 is 9.18 Å². The van der Waals surface area contributed by atoms with Crippen LogP contribution < -0.4 is 5.32 Å². The second-order valence-corrected chi connectivity index (χ2v) is 5.06. The van der Waals surface area contributed by atoms with Crippen LogP contribution in [0.5, 0.6) is 0 Å². The zero-order chi connectivity index (χ0) is 13.7. The molecule has 0 atom stereocenters. The summed E-state index contributed by atoms with van der Waals surface area (Å²) in [4.78, 5) is 16.6. The summed E-state index contributed by atoms with van der Waals surface area (Å²) in [5, 5.41) is 2.71. The van der Waals surface area contributed by atoms with E-state index < -0.39 is 0 Å². The summed E-state index contributed by atoms with van der Waals surface area (Å²) in [6.45, 7) is 1.93. The van der Waals surface area contributed by atoms with E-state index in [-0.39, 0.29) is 17.5 Å². The van der Waals surface area contributed by atoms with Gasteiger partial charge in [0.25, 0.3) is 0 Å². The first-order valence-electron chi connectivity index (χ1n) is 5.74. The number of benzene rings is 1. The number of aryl methyl sites for hydroxylation is 1. The number of hydrogen-bond donors (Lipinski definition) is 1. The molecule has 2 rings (SSSR count). The Balaban J connectivity index is 1.84. The van der Waals surface area contributed by atoms with Crippen molar-refractivity contribution in [3.63, 3.8) is 0 Å². The third-order valence-electron chi connectivity index (χ3n) is 2.36. The number of nitrogens with one attached hydrogen (secondary N) is 1. The van der Waals surface area contributed by atoms with Crippen LogP contribution in [0.15, 0.2) is 47.5 Å². The van der Waals surface area contributed by atoms with E-state index in [9.17, 15) is 9.18 Å². The van der Waals surface area contributed by atoms with Crippen LogP contribution in [0.2, 0.25) is 0 Å². The highest BCUT2D eigenvalue weighted by Gasteiger charge is 2.04. The minimum Gasteiger partial charge on any atom is -0.310 e. The molecule has 0 unspecified atom stereocenters. The molecule has 5 heteroatoms. The zero-order valence-corrected chi connectivity index (χ0v) is 11.2. The molecule has 0 aliphatic carbocycles. The van der Waals surface area contributed by atoms with E-state index in [0.717, 1.165) is 10.5 Å². The molecular formula is C14H13FN2OS. The summed E-state index contributed by atoms with van der Waals surface area (Å²) in [7, 11) is 0. The van der Waals surface area contributed by atoms with E-state index in [1.165, 1.54) is 23.9 Å². The largest absolute Gasteiger partial charge is 0.310 e. The molecular weight excluding hydrogens is 263 g/mol. The van der Waals surface area contributed by atoms with E-state index in [1.54, 1.807) is 24.4 Å². The Labute approximate surface area is 115 Å². The van der Waals surface area contributed by atoms with Crippen molar-refractivity contribution in [2.24, 2.45) is 0 Å². The van der Waals surface area contributed by atoms with Gasteiger partial charge in [0.1, 0.15) is 11.6 Å². The van der Waals surface area contributed by atoms with Crippen LogP contribution in [0.3, 0.4) is 0 Å². The Bertz CT molecular complexity index is 555. The van der Waals surface area contributed by atoms with Gasteiger partial charge in [0, 0.05) is 11.1 Å². The molecule has 1 aromatic carbocycles. The van der Waals surface area contributed by atoms with Crippen LogP contribution in [0.25, 0.3) is 0 Å². The average molecular weight is 276 g/mol. The molecule has 0 saturated heterocycles. The first-order valence-corrected chi connectivity index (χ1v) is 6.73. The van der Waals surface area contributed by atoms with Gasteiger partial charge in [-0.05, 0) is 42.8 Å². The third kappa shape index (κ3) is 4.37. The van der Waals surface area contributed by atoms with Crippen molar-refractivity contribution in [1.82, 2.24) is 4.98 Å². The average Bonchev–Trinajstić information content (AvgIpc) is 2.41. The monoisotopic (exact) mass is 276 g/mol. The van der Waals surface area contributed by atoms with Gasteiger partial charge in [0.15, 0.2) is 0 Å². The number of carbonyl (C=O) groups is 1. The lowest BCUT2D eigenvalue weighted by Crippen LogP contribution is -2.14. The van der Waals surface area contributed by atoms with Crippen molar-refractivity contribution in [2.45, 2.75) is 11.8 Å². The summed E-state index contributed by atoms with van der Waals surface area (Å²) >= 11 is 1.35. The molecule has 0 bridgehead atoms. The van der Waals surface area contributed by atoms with Crippen molar-refractivity contribution >= 4 is 23.5 Å². The number of aromatic nitrogens is 1. The second kappa shape index (κ2) is 6.33. The van der Waals surface area contributed by atoms with Crippen molar-refractivity contribution in [3.8, 4) is 0 Å². The summed E-state index contributed by atoms with van der Waals surface area (Å²) in [5.41, 5.74) is 1.04. The maximum Gasteiger partial charge on any atom is 0.235 e. The molecule has 19 heavy (non-hydrogen) atoms. The van der Waals surface area contributed by atoms with Crippen LogP contribution in [0.4, 0.5) is 10.2 Å². The molecule has 0 fully saturated rings. The molecule has 1 heterocycles. The van der Waals surface area contributed by atoms with Crippen molar-refractivity contribution in [2.75, 3.05) is 11.1 Å². The molecule has 0 radical (unpaired) electrons. The highest BCUT2D eigenvalue weighted by Crippen LogP contribution is 2.18. The number of amides is 1. The normalized spacial score (nSPS) is 10.2. The number of pyridine rings is 1. The van der Waals surface area contributed by atoms with Gasteiger partial charge in [-0.2, -0.15) is 0 Å². The SMILES string of the molecule is Cc1ccc(NC(=O)CSc2ccc(F)cc2)nc1. The summed E-state index contributed by atoms with van der Waals surface area (Å²) in [6.07, 6.45) is 1.70. The minimum atomic E-state index is -0.280. The van der Waals surface area contributed by atoms with Crippen molar-refractivity contribution in [3.05, 3.63) is 54.0 Å². The molecule has 1 aromatic heterocycles. The maximum absolute atomic E-state index is 12.7. The molecule has 3 nitrogen and oxygen atoms in total. The highest BCUT2D eigenvalue weighted by atomic mass is 32.2. The van der Waals surface area contributed by atoms with Crippen LogP contribution in [-0.4, -0.2) is 16.6 Å². The fraction of sp³-hybridized carbons (Fsp3) is 0.143. The second-order valence-electron chi connectivity index (χ2n) is 4.01.